The summed E-state index contributed by atoms with van der Waals surface area (Å²) in [6.45, 7) is 1.10. The van der Waals surface area contributed by atoms with Crippen LogP contribution in [0.5, 0.6) is 0 Å². The lowest BCUT2D eigenvalue weighted by molar-refractivity contribution is -0.147. The van der Waals surface area contributed by atoms with Crippen LogP contribution in [0.1, 0.15) is 5.69 Å². The van der Waals surface area contributed by atoms with Gasteiger partial charge in [0.1, 0.15) is 0 Å². The Morgan fingerprint density at radius 2 is 2.47 bits per heavy atom. The first-order chi connectivity index (χ1) is 9.18. The molecule has 0 aromatic carbocycles. The number of hydrogen-bond acceptors (Lipinski definition) is 4. The Morgan fingerprint density at radius 3 is 3.16 bits per heavy atom. The highest BCUT2D eigenvalue weighted by Crippen LogP contribution is 2.07. The largest absolute Gasteiger partial charge is 0.480 e. The fourth-order valence-electron chi connectivity index (χ4n) is 1.88. The molecule has 1 aliphatic heterocycles. The number of imidazole rings is 1. The zero-order valence-corrected chi connectivity index (χ0v) is 10.3. The van der Waals surface area contributed by atoms with E-state index < -0.39 is 12.0 Å². The molecule has 1 aromatic rings. The highest BCUT2D eigenvalue weighted by atomic mass is 16.5. The molecule has 19 heavy (non-hydrogen) atoms. The van der Waals surface area contributed by atoms with Gasteiger partial charge in [-0.25, -0.2) is 14.6 Å². The molecule has 1 saturated heterocycles. The van der Waals surface area contributed by atoms with Crippen molar-refractivity contribution in [1.82, 2.24) is 20.2 Å². The van der Waals surface area contributed by atoms with E-state index in [0.717, 1.165) is 5.69 Å². The first-order valence-corrected chi connectivity index (χ1v) is 6.01. The van der Waals surface area contributed by atoms with Gasteiger partial charge in [-0.1, -0.05) is 0 Å². The van der Waals surface area contributed by atoms with Gasteiger partial charge in [-0.15, -0.1) is 0 Å². The fourth-order valence-corrected chi connectivity index (χ4v) is 1.88. The summed E-state index contributed by atoms with van der Waals surface area (Å²) >= 11 is 0. The predicted molar refractivity (Wildman–Crippen MR) is 64.6 cm³/mol. The van der Waals surface area contributed by atoms with Gasteiger partial charge in [0.15, 0.2) is 6.04 Å². The number of amides is 2. The summed E-state index contributed by atoms with van der Waals surface area (Å²) in [6.07, 6.45) is 3.87. The van der Waals surface area contributed by atoms with Crippen molar-refractivity contribution in [3.63, 3.8) is 0 Å². The average molecular weight is 268 g/mol. The second kappa shape index (κ2) is 6.19. The maximum Gasteiger partial charge on any atom is 0.328 e. The van der Waals surface area contributed by atoms with Gasteiger partial charge >= 0.3 is 12.0 Å². The number of nitrogens with one attached hydrogen (secondary N) is 2. The molecule has 1 atom stereocenters. The number of aromatic nitrogens is 2. The highest BCUT2D eigenvalue weighted by Gasteiger charge is 2.32. The fraction of sp³-hybridized carbons (Fsp3) is 0.545. The van der Waals surface area contributed by atoms with Crippen molar-refractivity contribution in [2.45, 2.75) is 12.5 Å². The molecule has 2 amide bonds. The van der Waals surface area contributed by atoms with Crippen LogP contribution < -0.4 is 5.32 Å². The van der Waals surface area contributed by atoms with Crippen molar-refractivity contribution >= 4 is 12.0 Å². The van der Waals surface area contributed by atoms with E-state index in [2.05, 4.69) is 15.3 Å². The molecule has 0 saturated carbocycles. The van der Waals surface area contributed by atoms with Gasteiger partial charge in [0, 0.05) is 31.4 Å². The van der Waals surface area contributed by atoms with Crippen molar-refractivity contribution in [3.8, 4) is 0 Å². The Balaban J connectivity index is 1.82. The number of carboxylic acid groups (broad SMARTS) is 1. The lowest BCUT2D eigenvalue weighted by Crippen LogP contribution is -2.55. The number of carboxylic acids is 1. The summed E-state index contributed by atoms with van der Waals surface area (Å²) in [7, 11) is 0. The van der Waals surface area contributed by atoms with E-state index in [-0.39, 0.29) is 19.2 Å². The maximum absolute atomic E-state index is 11.9. The molecule has 104 valence electrons. The number of aliphatic carboxylic acids is 1. The Kier molecular flexibility index (Phi) is 4.35. The van der Waals surface area contributed by atoms with E-state index in [0.29, 0.717) is 19.6 Å². The number of morpholine rings is 1. The molecule has 8 heteroatoms. The predicted octanol–water partition coefficient (Wildman–Crippen LogP) is -0.553. The Bertz CT molecular complexity index is 434. The van der Waals surface area contributed by atoms with Crippen LogP contribution in [0.15, 0.2) is 12.5 Å². The summed E-state index contributed by atoms with van der Waals surface area (Å²) in [6, 6.07) is -1.30. The zero-order chi connectivity index (χ0) is 13.7. The number of H-pyrrole nitrogens is 1. The SMILES string of the molecule is O=C(O)C1COCCN1C(=O)NCCc1cnc[nH]1. The Morgan fingerprint density at radius 1 is 1.63 bits per heavy atom. The summed E-state index contributed by atoms with van der Waals surface area (Å²) in [5.41, 5.74) is 0.914. The number of hydrogen-bond donors (Lipinski definition) is 3. The number of carbonyl (C=O) groups excluding carboxylic acids is 1. The molecule has 0 aliphatic carbocycles. The first-order valence-electron chi connectivity index (χ1n) is 6.01. The molecule has 0 bridgehead atoms. The van der Waals surface area contributed by atoms with Gasteiger partial charge in [-0.3, -0.25) is 0 Å². The van der Waals surface area contributed by atoms with Gasteiger partial charge in [-0.2, -0.15) is 0 Å². The van der Waals surface area contributed by atoms with E-state index in [1.54, 1.807) is 12.5 Å². The standard InChI is InChI=1S/C11H16N4O4/c16-10(17)9-6-19-4-3-15(9)11(18)13-2-1-8-5-12-7-14-8/h5,7,9H,1-4,6H2,(H,12,14)(H,13,18)(H,16,17). The summed E-state index contributed by atoms with van der Waals surface area (Å²) in [4.78, 5) is 31.0. The monoisotopic (exact) mass is 268 g/mol. The first kappa shape index (κ1) is 13.3. The molecular formula is C11H16N4O4. The number of aromatic amines is 1. The van der Waals surface area contributed by atoms with E-state index in [9.17, 15) is 9.59 Å². The molecule has 8 nitrogen and oxygen atoms in total. The number of urea groups is 1. The third-order valence-electron chi connectivity index (χ3n) is 2.90. The van der Waals surface area contributed by atoms with Crippen LogP contribution in [0.2, 0.25) is 0 Å². The minimum atomic E-state index is -1.05. The van der Waals surface area contributed by atoms with E-state index >= 15 is 0 Å². The van der Waals surface area contributed by atoms with Crippen molar-refractivity contribution < 1.29 is 19.4 Å². The van der Waals surface area contributed by atoms with Crippen molar-refractivity contribution in [1.29, 1.82) is 0 Å². The van der Waals surface area contributed by atoms with Crippen molar-refractivity contribution in [2.75, 3.05) is 26.3 Å². The van der Waals surface area contributed by atoms with Crippen LogP contribution in [-0.2, 0) is 16.0 Å². The molecule has 1 unspecified atom stereocenters. The van der Waals surface area contributed by atoms with Gasteiger partial charge in [0.05, 0.1) is 19.5 Å². The molecule has 3 N–H and O–H groups in total. The highest BCUT2D eigenvalue weighted by molar-refractivity contribution is 5.83. The molecule has 1 fully saturated rings. The molecule has 0 radical (unpaired) electrons. The van der Waals surface area contributed by atoms with Gasteiger partial charge < -0.3 is 25.0 Å². The Hall–Kier alpha value is -2.09. The van der Waals surface area contributed by atoms with E-state index in [1.165, 1.54) is 4.90 Å². The quantitative estimate of drug-likeness (QED) is 0.679. The van der Waals surface area contributed by atoms with Crippen molar-refractivity contribution in [3.05, 3.63) is 18.2 Å². The molecule has 0 spiro atoms. The molecule has 2 heterocycles. The summed E-state index contributed by atoms with van der Waals surface area (Å²) < 4.78 is 5.07. The van der Waals surface area contributed by atoms with Gasteiger partial charge in [0.25, 0.3) is 0 Å². The summed E-state index contributed by atoms with van der Waals surface area (Å²) in [5.74, 6) is -1.05. The molecule has 1 aliphatic rings. The minimum absolute atomic E-state index is 0.0311. The third-order valence-corrected chi connectivity index (χ3v) is 2.90. The normalized spacial score (nSPS) is 19.2. The minimum Gasteiger partial charge on any atom is -0.480 e. The summed E-state index contributed by atoms with van der Waals surface area (Å²) in [5, 5.41) is 11.7. The molecule has 1 aromatic heterocycles. The smallest absolute Gasteiger partial charge is 0.328 e. The van der Waals surface area contributed by atoms with Gasteiger partial charge in [-0.05, 0) is 0 Å². The zero-order valence-electron chi connectivity index (χ0n) is 10.3. The second-order valence-corrected chi connectivity index (χ2v) is 4.18. The van der Waals surface area contributed by atoms with Crippen LogP contribution in [0.4, 0.5) is 4.79 Å². The Labute approximate surface area is 109 Å². The van der Waals surface area contributed by atoms with E-state index in [1.807, 2.05) is 0 Å². The number of ether oxygens (including phenoxy) is 1. The molecule has 2 rings (SSSR count). The van der Waals surface area contributed by atoms with Crippen LogP contribution in [-0.4, -0.2) is 64.3 Å². The molecular weight excluding hydrogens is 252 g/mol. The number of rotatable bonds is 4. The lowest BCUT2D eigenvalue weighted by atomic mass is 10.2. The average Bonchev–Trinajstić information content (AvgIpc) is 2.91. The van der Waals surface area contributed by atoms with E-state index in [4.69, 9.17) is 9.84 Å². The topological polar surface area (TPSA) is 108 Å². The number of nitrogens with zero attached hydrogens (tertiary/aromatic N) is 2. The second-order valence-electron chi connectivity index (χ2n) is 4.18. The van der Waals surface area contributed by atoms with Crippen LogP contribution >= 0.6 is 0 Å². The van der Waals surface area contributed by atoms with Crippen molar-refractivity contribution in [2.24, 2.45) is 0 Å². The van der Waals surface area contributed by atoms with Crippen LogP contribution in [0.25, 0.3) is 0 Å². The van der Waals surface area contributed by atoms with Crippen LogP contribution in [0, 0.1) is 0 Å². The lowest BCUT2D eigenvalue weighted by Gasteiger charge is -2.32. The van der Waals surface area contributed by atoms with Crippen LogP contribution in [0.3, 0.4) is 0 Å². The third kappa shape index (κ3) is 3.44. The maximum atomic E-state index is 11.9. The van der Waals surface area contributed by atoms with Gasteiger partial charge in [0.2, 0.25) is 0 Å². The number of carbonyl (C=O) groups is 2.